The summed E-state index contributed by atoms with van der Waals surface area (Å²) in [5.74, 6) is -0.233. The lowest BCUT2D eigenvalue weighted by Crippen LogP contribution is -2.26. The Labute approximate surface area is 394 Å². The van der Waals surface area contributed by atoms with Crippen molar-refractivity contribution < 1.29 is 4.39 Å². The maximum Gasteiger partial charge on any atom is 0.147 e. The standard InChI is InChI=1S/C65H43FN2/c66-56-25-11-13-27-60(56)68(61-28-14-24-55-64(61)50-20-7-10-23-54(50)65(55)52-21-8-5-18-46(52)47-19-6-9-22-53(47)65)59-40-34-44-31-37-49-45(36-30-43-32-38-51(59)63(44)62(43)49)48(35-29-41-15-2-1-3-16-41)58-39-33-42-17-4-12-26-57(42)67-58/h1-28,30-34,36-40,48H,29,35H2. The number of fused-ring (bicyclic) bond motifs is 11. The average Bonchev–Trinajstić information content (AvgIpc) is 3.87. The Hall–Kier alpha value is -8.40. The van der Waals surface area contributed by atoms with Crippen LogP contribution in [0.5, 0.6) is 0 Å². The van der Waals surface area contributed by atoms with Crippen molar-refractivity contribution in [2.24, 2.45) is 0 Å². The van der Waals surface area contributed by atoms with Crippen molar-refractivity contribution in [2.75, 3.05) is 4.90 Å². The van der Waals surface area contributed by atoms with Crippen LogP contribution in [-0.4, -0.2) is 4.98 Å². The zero-order valence-corrected chi connectivity index (χ0v) is 37.2. The Balaban J connectivity index is 1.01. The number of anilines is 3. The molecule has 14 rings (SSSR count). The van der Waals surface area contributed by atoms with Crippen LogP contribution in [0.2, 0.25) is 0 Å². The number of hydrogen-bond acceptors (Lipinski definition) is 2. The second kappa shape index (κ2) is 15.1. The predicted molar refractivity (Wildman–Crippen MR) is 279 cm³/mol. The Kier molecular flexibility index (Phi) is 8.60. The van der Waals surface area contributed by atoms with Gasteiger partial charge in [0.2, 0.25) is 0 Å². The van der Waals surface area contributed by atoms with Crippen LogP contribution in [0.15, 0.2) is 231 Å². The predicted octanol–water partition coefficient (Wildman–Crippen LogP) is 16.8. The zero-order chi connectivity index (χ0) is 44.9. The van der Waals surface area contributed by atoms with Gasteiger partial charge in [0.05, 0.1) is 28.0 Å². The minimum atomic E-state index is -0.536. The van der Waals surface area contributed by atoms with Gasteiger partial charge in [0, 0.05) is 27.9 Å². The molecule has 11 aromatic carbocycles. The number of halogens is 1. The van der Waals surface area contributed by atoms with Crippen molar-refractivity contribution in [2.45, 2.75) is 24.2 Å². The van der Waals surface area contributed by atoms with Crippen LogP contribution in [0.25, 0.3) is 65.5 Å². The molecule has 0 amide bonds. The molecule has 1 atom stereocenters. The second-order valence-electron chi connectivity index (χ2n) is 18.5. The fourth-order valence-electron chi connectivity index (χ4n) is 12.3. The summed E-state index contributed by atoms with van der Waals surface area (Å²) in [6.45, 7) is 0. The van der Waals surface area contributed by atoms with E-state index in [2.05, 4.69) is 211 Å². The molecule has 0 bridgehead atoms. The number of aryl methyl sites for hydroxylation is 1. The molecular formula is C65H43FN2. The van der Waals surface area contributed by atoms with Gasteiger partial charge in [-0.2, -0.15) is 0 Å². The van der Waals surface area contributed by atoms with E-state index in [1.54, 1.807) is 12.1 Å². The molecule has 0 aliphatic heterocycles. The third kappa shape index (κ3) is 5.53. The van der Waals surface area contributed by atoms with Crippen LogP contribution >= 0.6 is 0 Å². The molecule has 1 aromatic heterocycles. The van der Waals surface area contributed by atoms with Crippen molar-refractivity contribution >= 4 is 60.3 Å². The Morgan fingerprint density at radius 2 is 1.00 bits per heavy atom. The van der Waals surface area contributed by atoms with E-state index in [0.29, 0.717) is 5.69 Å². The second-order valence-corrected chi connectivity index (χ2v) is 18.5. The van der Waals surface area contributed by atoms with Crippen LogP contribution in [0.4, 0.5) is 21.5 Å². The summed E-state index contributed by atoms with van der Waals surface area (Å²) >= 11 is 0. The molecule has 0 fully saturated rings. The quantitative estimate of drug-likeness (QED) is 0.141. The van der Waals surface area contributed by atoms with Gasteiger partial charge in [0.1, 0.15) is 5.82 Å². The molecule has 0 radical (unpaired) electrons. The van der Waals surface area contributed by atoms with Crippen molar-refractivity contribution in [3.63, 3.8) is 0 Å². The van der Waals surface area contributed by atoms with Crippen LogP contribution in [-0.2, 0) is 11.8 Å². The van der Waals surface area contributed by atoms with E-state index < -0.39 is 5.41 Å². The third-order valence-electron chi connectivity index (χ3n) is 15.2. The van der Waals surface area contributed by atoms with E-state index >= 15 is 4.39 Å². The number of hydrogen-bond donors (Lipinski definition) is 0. The number of para-hydroxylation sites is 2. The van der Waals surface area contributed by atoms with Gasteiger partial charge >= 0.3 is 0 Å². The molecule has 1 heterocycles. The fourth-order valence-corrected chi connectivity index (χ4v) is 12.3. The summed E-state index contributed by atoms with van der Waals surface area (Å²) in [4.78, 5) is 7.54. The van der Waals surface area contributed by atoms with E-state index in [-0.39, 0.29) is 11.7 Å². The van der Waals surface area contributed by atoms with Gasteiger partial charge in [-0.15, -0.1) is 0 Å². The highest BCUT2D eigenvalue weighted by Gasteiger charge is 2.52. The lowest BCUT2D eigenvalue weighted by molar-refractivity contribution is 0.629. The van der Waals surface area contributed by atoms with Crippen molar-refractivity contribution in [1.82, 2.24) is 4.98 Å². The van der Waals surface area contributed by atoms with Gasteiger partial charge in [0.15, 0.2) is 0 Å². The SMILES string of the molecule is Fc1ccccc1N(c1cccc2c1-c1ccccc1C21c2ccccc2-c2ccccc21)c1ccc2ccc3c(C(CCc4ccccc4)c4ccc5ccccc5n4)ccc4ccc1c2c43. The lowest BCUT2D eigenvalue weighted by Gasteiger charge is -2.32. The molecule has 1 unspecified atom stereocenters. The summed E-state index contributed by atoms with van der Waals surface area (Å²) in [5, 5.41) is 8.16. The molecule has 68 heavy (non-hydrogen) atoms. The summed E-state index contributed by atoms with van der Waals surface area (Å²) in [6, 6.07) is 82.4. The van der Waals surface area contributed by atoms with E-state index in [1.807, 2.05) is 12.1 Å². The van der Waals surface area contributed by atoms with Crippen molar-refractivity contribution in [1.29, 1.82) is 0 Å². The first-order chi connectivity index (χ1) is 33.7. The Morgan fingerprint density at radius 3 is 1.78 bits per heavy atom. The van der Waals surface area contributed by atoms with E-state index in [9.17, 15) is 0 Å². The first-order valence-corrected chi connectivity index (χ1v) is 23.7. The van der Waals surface area contributed by atoms with Crippen molar-refractivity contribution in [3.8, 4) is 22.3 Å². The van der Waals surface area contributed by atoms with E-state index in [4.69, 9.17) is 4.98 Å². The Bertz CT molecular complexity index is 3920. The zero-order valence-electron chi connectivity index (χ0n) is 37.2. The van der Waals surface area contributed by atoms with E-state index in [1.165, 1.54) is 66.1 Å². The molecule has 12 aromatic rings. The summed E-state index contributed by atoms with van der Waals surface area (Å²) in [5.41, 5.74) is 16.3. The minimum absolute atomic E-state index is 0.0453. The minimum Gasteiger partial charge on any atom is -0.306 e. The highest BCUT2D eigenvalue weighted by Crippen LogP contribution is 2.65. The van der Waals surface area contributed by atoms with Crippen LogP contribution in [0.3, 0.4) is 0 Å². The average molecular weight is 871 g/mol. The molecule has 320 valence electrons. The van der Waals surface area contributed by atoms with Gasteiger partial charge in [-0.3, -0.25) is 4.98 Å². The largest absolute Gasteiger partial charge is 0.306 e. The summed E-state index contributed by atoms with van der Waals surface area (Å²) < 4.78 is 16.9. The summed E-state index contributed by atoms with van der Waals surface area (Å²) in [6.07, 6.45) is 1.83. The smallest absolute Gasteiger partial charge is 0.147 e. The number of rotatable bonds is 8. The van der Waals surface area contributed by atoms with Gasteiger partial charge in [-0.1, -0.05) is 194 Å². The van der Waals surface area contributed by atoms with Gasteiger partial charge in [0.25, 0.3) is 0 Å². The number of nitrogens with zero attached hydrogens (tertiary/aromatic N) is 2. The number of pyridine rings is 1. The molecule has 1 spiro atoms. The van der Waals surface area contributed by atoms with Crippen LogP contribution in [0.1, 0.15) is 51.4 Å². The van der Waals surface area contributed by atoms with Gasteiger partial charge in [-0.05, 0) is 126 Å². The number of aromatic nitrogens is 1. The molecule has 0 N–H and O–H groups in total. The topological polar surface area (TPSA) is 16.1 Å². The monoisotopic (exact) mass is 870 g/mol. The molecule has 3 heteroatoms. The molecule has 0 saturated carbocycles. The third-order valence-corrected chi connectivity index (χ3v) is 15.2. The maximum absolute atomic E-state index is 16.9. The summed E-state index contributed by atoms with van der Waals surface area (Å²) in [7, 11) is 0. The lowest BCUT2D eigenvalue weighted by atomic mass is 9.70. The highest BCUT2D eigenvalue weighted by atomic mass is 19.1. The molecule has 2 nitrogen and oxygen atoms in total. The maximum atomic E-state index is 16.9. The first kappa shape index (κ1) is 38.8. The van der Waals surface area contributed by atoms with Gasteiger partial charge < -0.3 is 4.90 Å². The normalized spacial score (nSPS) is 13.5. The first-order valence-electron chi connectivity index (χ1n) is 23.7. The Morgan fingerprint density at radius 1 is 0.426 bits per heavy atom. The van der Waals surface area contributed by atoms with Gasteiger partial charge in [-0.25, -0.2) is 4.39 Å². The molecular weight excluding hydrogens is 828 g/mol. The molecule has 0 saturated heterocycles. The fraction of sp³-hybridized carbons (Fsp3) is 0.0615. The molecule has 2 aliphatic rings. The van der Waals surface area contributed by atoms with Crippen LogP contribution in [0, 0.1) is 5.82 Å². The van der Waals surface area contributed by atoms with Crippen LogP contribution < -0.4 is 4.90 Å². The number of benzene rings is 11. The molecule has 2 aliphatic carbocycles. The van der Waals surface area contributed by atoms with E-state index in [0.717, 1.165) is 62.7 Å². The van der Waals surface area contributed by atoms with Crippen molar-refractivity contribution in [3.05, 3.63) is 275 Å². The highest BCUT2D eigenvalue weighted by molar-refractivity contribution is 6.26.